The van der Waals surface area contributed by atoms with E-state index in [0.29, 0.717) is 18.8 Å². The second-order valence-corrected chi connectivity index (χ2v) is 8.51. The van der Waals surface area contributed by atoms with Crippen LogP contribution in [0.4, 0.5) is 0 Å². The number of aryl methyl sites for hydroxylation is 1. The van der Waals surface area contributed by atoms with Gasteiger partial charge in [0.05, 0.1) is 12.8 Å². The Morgan fingerprint density at radius 2 is 1.81 bits per heavy atom. The highest BCUT2D eigenvalue weighted by molar-refractivity contribution is 6.00. The van der Waals surface area contributed by atoms with E-state index in [1.54, 1.807) is 10.9 Å². The van der Waals surface area contributed by atoms with Gasteiger partial charge in [0.15, 0.2) is 6.29 Å². The molecule has 0 radical (unpaired) electrons. The van der Waals surface area contributed by atoms with Gasteiger partial charge in [-0.05, 0) is 32.1 Å². The molecule has 0 aliphatic carbocycles. The van der Waals surface area contributed by atoms with E-state index in [0.717, 1.165) is 70.2 Å². The average Bonchev–Trinajstić information content (AvgIpc) is 3.26. The summed E-state index contributed by atoms with van der Waals surface area (Å²) in [5.74, 6) is 1.61. The van der Waals surface area contributed by atoms with Crippen LogP contribution in [0.2, 0.25) is 0 Å². The van der Waals surface area contributed by atoms with Crippen molar-refractivity contribution in [2.24, 2.45) is 21.5 Å². The molecule has 0 aromatic carbocycles. The van der Waals surface area contributed by atoms with Gasteiger partial charge in [0.25, 0.3) is 0 Å². The zero-order valence-corrected chi connectivity index (χ0v) is 18.0. The zero-order chi connectivity index (χ0) is 21.6. The smallest absolute Gasteiger partial charge is 0.204 e. The molecule has 1 aromatic rings. The molecule has 0 saturated carbocycles. The Morgan fingerprint density at radius 3 is 2.48 bits per heavy atom. The van der Waals surface area contributed by atoms with E-state index in [1.807, 2.05) is 0 Å². The highest BCUT2D eigenvalue weighted by Gasteiger charge is 2.30. The summed E-state index contributed by atoms with van der Waals surface area (Å²) in [5.41, 5.74) is 12.7. The number of rotatable bonds is 6. The van der Waals surface area contributed by atoms with Crippen molar-refractivity contribution in [1.82, 2.24) is 35.4 Å². The minimum atomic E-state index is -0.138. The Hall–Kier alpha value is -2.28. The number of aromatic nitrogens is 3. The molecule has 0 bridgehead atoms. The third-order valence-corrected chi connectivity index (χ3v) is 6.06. The van der Waals surface area contributed by atoms with Crippen LogP contribution in [0.15, 0.2) is 16.2 Å². The molecule has 12 nitrogen and oxygen atoms in total. The number of nitrogens with zero attached hydrogens (tertiary/aromatic N) is 7. The fourth-order valence-electron chi connectivity index (χ4n) is 4.08. The van der Waals surface area contributed by atoms with E-state index in [4.69, 9.17) is 26.6 Å². The lowest BCUT2D eigenvalue weighted by Crippen LogP contribution is -2.62. The van der Waals surface area contributed by atoms with Gasteiger partial charge in [0, 0.05) is 51.4 Å². The number of piperidine rings is 2. The van der Waals surface area contributed by atoms with E-state index in [2.05, 4.69) is 30.7 Å². The molecule has 1 unspecified atom stereocenters. The molecule has 0 spiro atoms. The fraction of sp³-hybridized carbons (Fsp3) is 0.789. The molecular weight excluding hydrogens is 398 g/mol. The maximum atomic E-state index is 9.10. The lowest BCUT2D eigenvalue weighted by atomic mass is 10.1. The number of aliphatic hydroxyl groups is 1. The number of likely N-dealkylation sites (tertiary alicyclic amines) is 2. The van der Waals surface area contributed by atoms with Crippen molar-refractivity contribution in [2.45, 2.75) is 63.6 Å². The van der Waals surface area contributed by atoms with Crippen LogP contribution in [0.3, 0.4) is 0 Å². The van der Waals surface area contributed by atoms with Gasteiger partial charge in [-0.3, -0.25) is 19.9 Å². The molecule has 2 saturated heterocycles. The SMILES string of the molecule is NC1CCN(C2=NC(N3CCC(N)CC3)NC(=NCCCn3cc(CO)nn3)N2)CC1. The van der Waals surface area contributed by atoms with Gasteiger partial charge in [-0.25, -0.2) is 4.99 Å². The van der Waals surface area contributed by atoms with Gasteiger partial charge < -0.3 is 26.8 Å². The minimum absolute atomic E-state index is 0.0948. The van der Waals surface area contributed by atoms with Crippen LogP contribution in [0, 0.1) is 0 Å². The summed E-state index contributed by atoms with van der Waals surface area (Å²) in [5, 5.41) is 23.8. The van der Waals surface area contributed by atoms with Crippen LogP contribution < -0.4 is 22.1 Å². The van der Waals surface area contributed by atoms with Gasteiger partial charge >= 0.3 is 0 Å². The topological polar surface area (TPSA) is 158 Å². The quantitative estimate of drug-likeness (QED) is 0.326. The molecule has 12 heteroatoms. The third-order valence-electron chi connectivity index (χ3n) is 6.06. The molecule has 2 fully saturated rings. The van der Waals surface area contributed by atoms with Crippen molar-refractivity contribution in [3.05, 3.63) is 11.9 Å². The van der Waals surface area contributed by atoms with Crippen molar-refractivity contribution in [3.63, 3.8) is 0 Å². The lowest BCUT2D eigenvalue weighted by Gasteiger charge is -2.40. The first-order chi connectivity index (χ1) is 15.1. The van der Waals surface area contributed by atoms with Crippen LogP contribution in [-0.4, -0.2) is 92.9 Å². The monoisotopic (exact) mass is 433 g/mol. The molecule has 31 heavy (non-hydrogen) atoms. The summed E-state index contributed by atoms with van der Waals surface area (Å²) >= 11 is 0. The Balaban J connectivity index is 1.38. The Bertz CT molecular complexity index is 763. The number of hydrogen-bond donors (Lipinski definition) is 5. The standard InChI is InChI=1S/C19H35N11O/c20-14-2-8-28(9-3-14)18-23-17(22-6-1-7-30-12-16(13-31)26-27-30)24-19(25-18)29-10-4-15(21)5-11-29/h12,14-15,18,31H,1-11,13,20-21H2,(H2,22,23,24,25). The first-order valence-electron chi connectivity index (χ1n) is 11.3. The molecular formula is C19H35N11O. The third kappa shape index (κ3) is 5.91. The number of nitrogens with two attached hydrogens (primary N) is 2. The largest absolute Gasteiger partial charge is 0.390 e. The minimum Gasteiger partial charge on any atom is -0.390 e. The first-order valence-corrected chi connectivity index (χ1v) is 11.3. The Kier molecular flexibility index (Phi) is 7.33. The second-order valence-electron chi connectivity index (χ2n) is 8.51. The van der Waals surface area contributed by atoms with E-state index < -0.39 is 0 Å². The van der Waals surface area contributed by atoms with E-state index in [1.165, 1.54) is 0 Å². The first kappa shape index (κ1) is 21.9. The predicted octanol–water partition coefficient (Wildman–Crippen LogP) is -1.80. The van der Waals surface area contributed by atoms with E-state index in [-0.39, 0.29) is 25.0 Å². The lowest BCUT2D eigenvalue weighted by molar-refractivity contribution is 0.142. The van der Waals surface area contributed by atoms with Crippen LogP contribution in [0.1, 0.15) is 37.8 Å². The number of nitrogens with one attached hydrogen (secondary N) is 2. The number of aliphatic imine (C=N–C) groups is 2. The highest BCUT2D eigenvalue weighted by atomic mass is 16.3. The molecule has 1 aromatic heterocycles. The number of guanidine groups is 2. The van der Waals surface area contributed by atoms with Crippen LogP contribution >= 0.6 is 0 Å². The molecule has 7 N–H and O–H groups in total. The summed E-state index contributed by atoms with van der Waals surface area (Å²) in [7, 11) is 0. The molecule has 3 aliphatic heterocycles. The Morgan fingerprint density at radius 1 is 1.10 bits per heavy atom. The molecule has 0 amide bonds. The molecule has 1 atom stereocenters. The molecule has 4 rings (SSSR count). The summed E-state index contributed by atoms with van der Waals surface area (Å²) in [6, 6.07) is 0.551. The van der Waals surface area contributed by atoms with Crippen LogP contribution in [-0.2, 0) is 13.2 Å². The predicted molar refractivity (Wildman–Crippen MR) is 118 cm³/mol. The summed E-state index contributed by atoms with van der Waals surface area (Å²) in [6.07, 6.45) is 6.34. The van der Waals surface area contributed by atoms with Crippen molar-refractivity contribution in [2.75, 3.05) is 32.7 Å². The van der Waals surface area contributed by atoms with Gasteiger partial charge in [-0.15, -0.1) is 5.10 Å². The van der Waals surface area contributed by atoms with Crippen LogP contribution in [0.5, 0.6) is 0 Å². The Labute approximate surface area is 182 Å². The van der Waals surface area contributed by atoms with Crippen molar-refractivity contribution >= 4 is 11.9 Å². The van der Waals surface area contributed by atoms with E-state index in [9.17, 15) is 0 Å². The fourth-order valence-corrected chi connectivity index (χ4v) is 4.08. The maximum Gasteiger partial charge on any atom is 0.204 e. The van der Waals surface area contributed by atoms with Crippen molar-refractivity contribution in [3.8, 4) is 0 Å². The van der Waals surface area contributed by atoms with Gasteiger partial charge in [0.1, 0.15) is 5.69 Å². The number of aliphatic hydroxyl groups excluding tert-OH is 1. The number of hydrogen-bond acceptors (Lipinski definition) is 9. The second kappa shape index (κ2) is 10.4. The van der Waals surface area contributed by atoms with Gasteiger partial charge in [-0.1, -0.05) is 5.21 Å². The maximum absolute atomic E-state index is 9.10. The van der Waals surface area contributed by atoms with Gasteiger partial charge in [-0.2, -0.15) is 0 Å². The highest BCUT2D eigenvalue weighted by Crippen LogP contribution is 2.15. The zero-order valence-electron chi connectivity index (χ0n) is 18.0. The normalized spacial score (nSPS) is 25.4. The average molecular weight is 434 g/mol. The van der Waals surface area contributed by atoms with E-state index >= 15 is 0 Å². The van der Waals surface area contributed by atoms with Crippen molar-refractivity contribution < 1.29 is 5.11 Å². The summed E-state index contributed by atoms with van der Waals surface area (Å²) in [4.78, 5) is 14.3. The van der Waals surface area contributed by atoms with Crippen molar-refractivity contribution in [1.29, 1.82) is 0 Å². The molecule has 172 valence electrons. The molecule has 4 heterocycles. The van der Waals surface area contributed by atoms with Crippen LogP contribution in [0.25, 0.3) is 0 Å². The molecule has 3 aliphatic rings. The van der Waals surface area contributed by atoms with Gasteiger partial charge in [0.2, 0.25) is 11.9 Å². The summed E-state index contributed by atoms with van der Waals surface area (Å²) < 4.78 is 1.73. The summed E-state index contributed by atoms with van der Waals surface area (Å²) in [6.45, 7) is 4.89.